The number of hydrogen-bond acceptors (Lipinski definition) is 10. The van der Waals surface area contributed by atoms with Crippen molar-refractivity contribution in [3.8, 4) is 22.6 Å². The number of aromatic hydroxyl groups is 1. The molecule has 1 saturated heterocycles. The summed E-state index contributed by atoms with van der Waals surface area (Å²) < 4.78 is 24.9. The molecule has 2 aliphatic heterocycles. The lowest BCUT2D eigenvalue weighted by molar-refractivity contribution is -0.134. The number of likely N-dealkylation sites (tertiary alicyclic amines) is 1. The smallest absolute Gasteiger partial charge is 0.411 e. The van der Waals surface area contributed by atoms with E-state index in [4.69, 9.17) is 18.6 Å². The van der Waals surface area contributed by atoms with Gasteiger partial charge in [-0.05, 0) is 103 Å². The second-order valence-corrected chi connectivity index (χ2v) is 26.1. The van der Waals surface area contributed by atoms with Crippen LogP contribution < -0.4 is 20.7 Å². The molecule has 2 heterocycles. The summed E-state index contributed by atoms with van der Waals surface area (Å²) in [4.78, 5) is 43.6. The highest BCUT2D eigenvalue weighted by Crippen LogP contribution is 2.46. The zero-order valence-corrected chi connectivity index (χ0v) is 43.0. The largest absolute Gasteiger partial charge is 0.506 e. The summed E-state index contributed by atoms with van der Waals surface area (Å²) in [5.41, 5.74) is 6.39. The molecule has 13 nitrogen and oxygen atoms in total. The van der Waals surface area contributed by atoms with Crippen molar-refractivity contribution in [1.82, 2.24) is 15.1 Å². The van der Waals surface area contributed by atoms with Crippen LogP contribution in [0.2, 0.25) is 18.1 Å². The highest BCUT2D eigenvalue weighted by atomic mass is 28.4. The van der Waals surface area contributed by atoms with Gasteiger partial charge in [0.1, 0.15) is 17.5 Å². The van der Waals surface area contributed by atoms with E-state index in [0.29, 0.717) is 56.9 Å². The molecule has 3 amide bonds. The maximum Gasteiger partial charge on any atom is 0.411 e. The number of phenolic OH excluding ortho intramolecular Hbond substituents is 1. The Labute approximate surface area is 416 Å². The van der Waals surface area contributed by atoms with Crippen LogP contribution in [0.15, 0.2) is 91.0 Å². The molecule has 0 unspecified atom stereocenters. The Kier molecular flexibility index (Phi) is 17.0. The van der Waals surface area contributed by atoms with E-state index in [1.165, 1.54) is 11.1 Å². The number of nitrogens with one attached hydrogen (secondary N) is 3. The van der Waals surface area contributed by atoms with Gasteiger partial charge in [0, 0.05) is 56.4 Å². The first kappa shape index (κ1) is 51.1. The maximum absolute atomic E-state index is 13.8. The van der Waals surface area contributed by atoms with Crippen molar-refractivity contribution in [1.29, 1.82) is 0 Å². The Hall–Kier alpha value is -5.25. The van der Waals surface area contributed by atoms with E-state index >= 15 is 0 Å². The molecule has 4 aromatic rings. The van der Waals surface area contributed by atoms with Gasteiger partial charge in [0.15, 0.2) is 20.7 Å². The van der Waals surface area contributed by atoms with Crippen LogP contribution in [0.25, 0.3) is 11.1 Å². The fourth-order valence-electron chi connectivity index (χ4n) is 10.5. The van der Waals surface area contributed by atoms with E-state index in [0.717, 1.165) is 93.4 Å². The number of benzene rings is 4. The zero-order chi connectivity index (χ0) is 49.3. The number of rotatable bonds is 21. The highest BCUT2D eigenvalue weighted by Gasteiger charge is 2.43. The van der Waals surface area contributed by atoms with Gasteiger partial charge in [0.2, 0.25) is 5.91 Å². The summed E-state index contributed by atoms with van der Waals surface area (Å²) in [5, 5.41) is 19.9. The summed E-state index contributed by atoms with van der Waals surface area (Å²) in [6.45, 7) is 16.6. The first-order chi connectivity index (χ1) is 33.7. The zero-order valence-electron chi connectivity index (χ0n) is 42.0. The van der Waals surface area contributed by atoms with Crippen LogP contribution in [-0.4, -0.2) is 112 Å². The van der Waals surface area contributed by atoms with Gasteiger partial charge in [-0.15, -0.1) is 0 Å². The number of carbonyl (C=O) groups excluding carboxylic acids is 3. The Bertz CT molecular complexity index is 2390. The van der Waals surface area contributed by atoms with Crippen LogP contribution in [0.4, 0.5) is 16.2 Å². The van der Waals surface area contributed by atoms with E-state index < -0.39 is 14.4 Å². The van der Waals surface area contributed by atoms with Crippen LogP contribution in [0.1, 0.15) is 88.5 Å². The molecule has 4 aromatic carbocycles. The number of fused-ring (bicyclic) bond motifs is 2. The minimum atomic E-state index is -2.26. The van der Waals surface area contributed by atoms with Gasteiger partial charge in [-0.2, -0.15) is 0 Å². The van der Waals surface area contributed by atoms with Crippen molar-refractivity contribution in [2.24, 2.45) is 11.8 Å². The molecule has 2 saturated carbocycles. The third kappa shape index (κ3) is 13.2. The number of nitrogens with zero attached hydrogens (tertiary/aromatic N) is 2. The predicted molar refractivity (Wildman–Crippen MR) is 278 cm³/mol. The Morgan fingerprint density at radius 3 is 2.37 bits per heavy atom. The van der Waals surface area contributed by atoms with E-state index in [2.05, 4.69) is 83.9 Å². The van der Waals surface area contributed by atoms with Crippen molar-refractivity contribution in [2.75, 3.05) is 69.7 Å². The van der Waals surface area contributed by atoms with Gasteiger partial charge in [-0.25, -0.2) is 4.79 Å². The van der Waals surface area contributed by atoms with Crippen molar-refractivity contribution in [3.63, 3.8) is 0 Å². The van der Waals surface area contributed by atoms with E-state index in [9.17, 15) is 19.5 Å². The average Bonchev–Trinajstić information content (AvgIpc) is 4.09. The van der Waals surface area contributed by atoms with Gasteiger partial charge in [0.05, 0.1) is 31.4 Å². The third-order valence-electron chi connectivity index (χ3n) is 15.3. The molecule has 8 rings (SSSR count). The second kappa shape index (κ2) is 23.3. The van der Waals surface area contributed by atoms with Crippen LogP contribution in [-0.2, 0) is 36.3 Å². The van der Waals surface area contributed by atoms with Gasteiger partial charge < -0.3 is 44.2 Å². The van der Waals surface area contributed by atoms with E-state index in [1.807, 2.05) is 60.7 Å². The summed E-state index contributed by atoms with van der Waals surface area (Å²) >= 11 is 0. The molecule has 376 valence electrons. The number of amides is 3. The molecule has 0 spiro atoms. The number of anilines is 2. The van der Waals surface area contributed by atoms with Crippen molar-refractivity contribution in [2.45, 2.75) is 115 Å². The van der Waals surface area contributed by atoms with Crippen LogP contribution in [0.5, 0.6) is 11.5 Å². The summed E-state index contributed by atoms with van der Waals surface area (Å²) in [6.07, 6.45) is 7.39. The minimum Gasteiger partial charge on any atom is -0.506 e. The summed E-state index contributed by atoms with van der Waals surface area (Å²) in [5.74, 6) is 1.30. The fourth-order valence-corrected chi connectivity index (χ4v) is 11.8. The monoisotopic (exact) mass is 974 g/mol. The van der Waals surface area contributed by atoms with Crippen LogP contribution in [0, 0.1) is 11.8 Å². The molecular formula is C56H75N5O8Si. The number of para-hydroxylation sites is 1. The van der Waals surface area contributed by atoms with Crippen molar-refractivity contribution in [3.05, 3.63) is 108 Å². The predicted octanol–water partition coefficient (Wildman–Crippen LogP) is 9.96. The van der Waals surface area contributed by atoms with Crippen LogP contribution in [0.3, 0.4) is 0 Å². The third-order valence-corrected chi connectivity index (χ3v) is 19.8. The fraction of sp³-hybridized carbons (Fsp3) is 0.518. The lowest BCUT2D eigenvalue weighted by atomic mass is 10.0. The molecule has 14 heteroatoms. The molecule has 0 radical (unpaired) electrons. The Morgan fingerprint density at radius 2 is 1.63 bits per heavy atom. The van der Waals surface area contributed by atoms with E-state index in [-0.39, 0.29) is 53.1 Å². The highest BCUT2D eigenvalue weighted by molar-refractivity contribution is 6.74. The van der Waals surface area contributed by atoms with Crippen molar-refractivity contribution >= 4 is 37.6 Å². The second-order valence-electron chi connectivity index (χ2n) is 21.3. The van der Waals surface area contributed by atoms with Gasteiger partial charge >= 0.3 is 6.09 Å². The first-order valence-electron chi connectivity index (χ1n) is 25.7. The number of phenols is 1. The minimum absolute atomic E-state index is 0.0453. The molecule has 70 heavy (non-hydrogen) atoms. The average molecular weight is 974 g/mol. The first-order valence-corrected chi connectivity index (χ1v) is 28.6. The lowest BCUT2D eigenvalue weighted by Gasteiger charge is -2.40. The summed E-state index contributed by atoms with van der Waals surface area (Å²) in [7, 11) is -2.26. The quantitative estimate of drug-likeness (QED) is 0.0361. The summed E-state index contributed by atoms with van der Waals surface area (Å²) in [6, 6.07) is 30.4. The van der Waals surface area contributed by atoms with Crippen LogP contribution >= 0.6 is 0 Å². The standard InChI is InChI=1S/C56H75N5O8Si/c1-56(2,3)70(4,5)69-50(47-22-23-49(62)53-54(47)67-38-51(63)59-53)35-57-27-29-61(44-18-9-10-19-44)52(64)26-31-66-30-25-40-15-13-14-39(32-40)24-28-60-36-42-33-45(34-43(42)37-60)68-55(65)58-48-21-12-11-20-46(48)41-16-7-6-8-17-41/h6-8,11-17,20-23,32,42-45,50,57,62H,9-10,18-19,24-31,33-38H2,1-5H3,(H,58,65)(H,59,63)/t42-,43+,45-,50-/m0/s1. The lowest BCUT2D eigenvalue weighted by Crippen LogP contribution is -2.45. The molecule has 0 aromatic heterocycles. The molecule has 4 N–H and O–H groups in total. The van der Waals surface area contributed by atoms with Gasteiger partial charge in [0.25, 0.3) is 5.91 Å². The normalized spacial score (nSPS) is 19.8. The molecule has 4 aliphatic rings. The topological polar surface area (TPSA) is 151 Å². The number of hydrogen-bond donors (Lipinski definition) is 4. The maximum atomic E-state index is 13.8. The SMILES string of the molecule is CC(C)(C)[Si](C)(C)O[C@@H](CNCCN(C(=O)CCOCCc1cccc(CCN2C[C@H]3C[C@@H](OC(=O)Nc4ccccc4-c4ccccc4)C[C@H]3C2)c1)C1CCCC1)c1ccc(O)c2c1OCC(=O)N2. The number of carbonyl (C=O) groups is 3. The molecule has 2 aliphatic carbocycles. The van der Waals surface area contributed by atoms with Gasteiger partial charge in [-0.3, -0.25) is 14.9 Å². The molecular weight excluding hydrogens is 899 g/mol. The van der Waals surface area contributed by atoms with Crippen molar-refractivity contribution < 1.29 is 38.1 Å². The Balaban J connectivity index is 0.748. The molecule has 4 atom stereocenters. The molecule has 3 fully saturated rings. The molecule has 0 bridgehead atoms. The Morgan fingerprint density at radius 1 is 0.914 bits per heavy atom. The van der Waals surface area contributed by atoms with Gasteiger partial charge in [-0.1, -0.05) is 106 Å². The van der Waals surface area contributed by atoms with E-state index in [1.54, 1.807) is 6.07 Å². The number of ether oxygens (including phenoxy) is 3.